The summed E-state index contributed by atoms with van der Waals surface area (Å²) < 4.78 is 39.8. The van der Waals surface area contributed by atoms with Crippen molar-refractivity contribution in [2.75, 3.05) is 6.61 Å². The van der Waals surface area contributed by atoms with Crippen LogP contribution in [0.1, 0.15) is 50.0 Å². The largest absolute Gasteiger partial charge is 0.459 e. The Morgan fingerprint density at radius 1 is 0.525 bits per heavy atom. The van der Waals surface area contributed by atoms with Crippen LogP contribution in [0.2, 0.25) is 0 Å². The number of rotatable bonds is 17. The Morgan fingerprint density at radius 2 is 1.07 bits per heavy atom. The van der Waals surface area contributed by atoms with E-state index in [-0.39, 0.29) is 25.4 Å². The van der Waals surface area contributed by atoms with Crippen LogP contribution in [-0.2, 0) is 61.3 Å². The van der Waals surface area contributed by atoms with Gasteiger partial charge in [0.2, 0.25) is 5.91 Å². The van der Waals surface area contributed by atoms with E-state index < -0.39 is 42.3 Å². The maximum absolute atomic E-state index is 13.4. The van der Waals surface area contributed by atoms with Crippen LogP contribution in [0.3, 0.4) is 0 Å². The zero-order valence-corrected chi connectivity index (χ0v) is 33.6. The van der Waals surface area contributed by atoms with Crippen LogP contribution < -0.4 is 10.9 Å². The van der Waals surface area contributed by atoms with Gasteiger partial charge in [-0.05, 0) is 56.3 Å². The maximum atomic E-state index is 13.4. The third-order valence-corrected chi connectivity index (χ3v) is 10.6. The van der Waals surface area contributed by atoms with Crippen LogP contribution in [0, 0.1) is 0 Å². The molecule has 0 aliphatic carbocycles. The molecular weight excluding hydrogens is 769 g/mol. The first-order chi connectivity index (χ1) is 30.1. The average molecular weight is 817 g/mol. The summed E-state index contributed by atoms with van der Waals surface area (Å²) in [5, 5.41) is 1.85. The van der Waals surface area contributed by atoms with E-state index in [1.165, 1.54) is 12.3 Å². The molecule has 2 amide bonds. The van der Waals surface area contributed by atoms with E-state index in [0.29, 0.717) is 25.4 Å². The van der Waals surface area contributed by atoms with Gasteiger partial charge in [-0.3, -0.25) is 20.4 Å². The highest BCUT2D eigenvalue weighted by atomic mass is 16.6. The molecule has 0 bridgehead atoms. The third-order valence-electron chi connectivity index (χ3n) is 10.6. The second kappa shape index (κ2) is 20.7. The van der Waals surface area contributed by atoms with Crippen molar-refractivity contribution in [1.82, 2.24) is 10.9 Å². The van der Waals surface area contributed by atoms with E-state index in [9.17, 15) is 9.59 Å². The van der Waals surface area contributed by atoms with Crippen molar-refractivity contribution in [3.63, 3.8) is 0 Å². The third kappa shape index (κ3) is 11.1. The van der Waals surface area contributed by atoms with Gasteiger partial charge in [0.1, 0.15) is 30.5 Å². The van der Waals surface area contributed by atoms with E-state index in [1.807, 2.05) is 152 Å². The number of benzene rings is 6. The summed E-state index contributed by atoms with van der Waals surface area (Å²) in [6.07, 6.45) is -1.87. The van der Waals surface area contributed by atoms with Crippen molar-refractivity contribution in [1.29, 1.82) is 0 Å². The summed E-state index contributed by atoms with van der Waals surface area (Å²) in [6, 6.07) is 55.2. The van der Waals surface area contributed by atoms with Crippen LogP contribution in [0.4, 0.5) is 0 Å². The molecule has 1 aromatic heterocycles. The van der Waals surface area contributed by atoms with Gasteiger partial charge >= 0.3 is 5.91 Å². The van der Waals surface area contributed by atoms with E-state index in [2.05, 4.69) is 16.9 Å². The highest BCUT2D eigenvalue weighted by molar-refractivity contribution is 5.93. The number of fused-ring (bicyclic) bond motifs is 1. The number of nitrogens with one attached hydrogen (secondary N) is 2. The Kier molecular flexibility index (Phi) is 14.0. The first-order valence-electron chi connectivity index (χ1n) is 20.5. The Bertz CT molecular complexity index is 2430. The predicted molar refractivity (Wildman–Crippen MR) is 231 cm³/mol. The molecule has 10 nitrogen and oxygen atoms in total. The summed E-state index contributed by atoms with van der Waals surface area (Å²) in [6.45, 7) is 1.49. The molecular formula is C51H48N2O8. The molecule has 2 N–H and O–H groups in total. The molecule has 1 aliphatic rings. The normalized spacial score (nSPS) is 18.7. The van der Waals surface area contributed by atoms with E-state index in [4.69, 9.17) is 28.1 Å². The second-order valence-corrected chi connectivity index (χ2v) is 14.9. The predicted octanol–water partition coefficient (Wildman–Crippen LogP) is 8.85. The van der Waals surface area contributed by atoms with Crippen LogP contribution in [0.5, 0.6) is 0 Å². The molecule has 10 heteroatoms. The number of hydrogen-bond acceptors (Lipinski definition) is 8. The summed E-state index contributed by atoms with van der Waals surface area (Å²) in [7, 11) is 0. The lowest BCUT2D eigenvalue weighted by molar-refractivity contribution is -0.274. The Hall–Kier alpha value is -6.40. The van der Waals surface area contributed by atoms with Crippen molar-refractivity contribution in [2.24, 2.45) is 0 Å². The molecule has 0 radical (unpaired) electrons. The molecule has 7 aromatic rings. The molecule has 0 saturated carbocycles. The maximum Gasteiger partial charge on any atom is 0.305 e. The minimum Gasteiger partial charge on any atom is -0.459 e. The van der Waals surface area contributed by atoms with Gasteiger partial charge in [-0.2, -0.15) is 0 Å². The summed E-state index contributed by atoms with van der Waals surface area (Å²) in [5.74, 6) is -0.882. The molecule has 8 rings (SSSR count). The molecule has 1 aliphatic heterocycles. The number of carbonyl (C=O) groups excluding carboxylic acids is 2. The SMILES string of the molecule is O=C(Cc1cc([C@@H]2O[C@H](COCc3ccccc3)[C@@H](OCc3ccccc3)[C@H](OCc3ccccc3)[C@H]2OCc2ccccc2)c2ccccc2c1)NNC(=O)c1ccco1. The first-order valence-corrected chi connectivity index (χ1v) is 20.5. The van der Waals surface area contributed by atoms with Crippen molar-refractivity contribution in [3.8, 4) is 0 Å². The smallest absolute Gasteiger partial charge is 0.305 e. The van der Waals surface area contributed by atoms with Gasteiger partial charge in [0.15, 0.2) is 5.76 Å². The van der Waals surface area contributed by atoms with Crippen molar-refractivity contribution >= 4 is 22.6 Å². The van der Waals surface area contributed by atoms with Crippen LogP contribution in [0.25, 0.3) is 10.8 Å². The lowest BCUT2D eigenvalue weighted by atomic mass is 9.87. The Labute approximate surface area is 355 Å². The molecule has 2 heterocycles. The second-order valence-electron chi connectivity index (χ2n) is 14.9. The number of furan rings is 1. The molecule has 0 spiro atoms. The molecule has 1 fully saturated rings. The lowest BCUT2D eigenvalue weighted by Gasteiger charge is -2.46. The van der Waals surface area contributed by atoms with Gasteiger partial charge in [-0.1, -0.05) is 158 Å². The Balaban J connectivity index is 1.17. The van der Waals surface area contributed by atoms with E-state index in [0.717, 1.165) is 38.6 Å². The highest BCUT2D eigenvalue weighted by Gasteiger charge is 2.49. The topological polar surface area (TPSA) is 117 Å². The highest BCUT2D eigenvalue weighted by Crippen LogP contribution is 2.41. The zero-order chi connectivity index (χ0) is 41.6. The zero-order valence-electron chi connectivity index (χ0n) is 33.6. The minimum atomic E-state index is -0.696. The van der Waals surface area contributed by atoms with Crippen molar-refractivity contribution < 1.29 is 37.7 Å². The summed E-state index contributed by atoms with van der Waals surface area (Å²) in [4.78, 5) is 25.9. The fourth-order valence-electron chi connectivity index (χ4n) is 7.61. The summed E-state index contributed by atoms with van der Waals surface area (Å²) >= 11 is 0. The molecule has 5 atom stereocenters. The van der Waals surface area contributed by atoms with Gasteiger partial charge in [0.25, 0.3) is 0 Å². The van der Waals surface area contributed by atoms with Gasteiger partial charge < -0.3 is 28.1 Å². The first kappa shape index (κ1) is 41.3. The molecule has 61 heavy (non-hydrogen) atoms. The number of ether oxygens (including phenoxy) is 5. The Morgan fingerprint density at radius 3 is 1.66 bits per heavy atom. The fraction of sp³-hybridized carbons (Fsp3) is 0.216. The number of hydrazine groups is 1. The monoisotopic (exact) mass is 816 g/mol. The van der Waals surface area contributed by atoms with E-state index in [1.54, 1.807) is 6.07 Å². The van der Waals surface area contributed by atoms with Gasteiger partial charge in [0, 0.05) is 0 Å². The number of amides is 2. The fourth-order valence-corrected chi connectivity index (χ4v) is 7.61. The lowest BCUT2D eigenvalue weighted by Crippen LogP contribution is -2.58. The molecule has 310 valence electrons. The van der Waals surface area contributed by atoms with Crippen molar-refractivity contribution in [3.05, 3.63) is 215 Å². The van der Waals surface area contributed by atoms with Crippen LogP contribution in [-0.4, -0.2) is 42.8 Å². The molecule has 0 unspecified atom stereocenters. The quantitative estimate of drug-likeness (QED) is 0.0877. The van der Waals surface area contributed by atoms with Crippen LogP contribution in [0.15, 0.2) is 181 Å². The van der Waals surface area contributed by atoms with Crippen molar-refractivity contribution in [2.45, 2.75) is 63.4 Å². The van der Waals surface area contributed by atoms with Gasteiger partial charge in [0.05, 0.1) is 45.7 Å². The standard InChI is InChI=1S/C51H48N2O8/c54-46(52-53-51(55)44-26-15-27-57-44)30-40-28-41-24-13-14-25-42(41)43(29-40)47-49(59-33-38-20-9-3-10-21-38)50(60-34-39-22-11-4-12-23-39)48(58-32-37-18-7-2-8-19-37)45(61-47)35-56-31-36-16-5-1-6-17-36/h1-29,45,47-50H,30-35H2,(H,52,54)(H,53,55)/t45-,47+,48-,49+,50+/m1/s1. The molecule has 1 saturated heterocycles. The molecule has 6 aromatic carbocycles. The summed E-state index contributed by atoms with van der Waals surface area (Å²) in [5.41, 5.74) is 10.5. The van der Waals surface area contributed by atoms with Gasteiger partial charge in [-0.25, -0.2) is 0 Å². The minimum absolute atomic E-state index is 0.0289. The average Bonchev–Trinajstić information content (AvgIpc) is 3.86. The number of carbonyl (C=O) groups is 2. The van der Waals surface area contributed by atoms with E-state index >= 15 is 0 Å². The number of hydrogen-bond donors (Lipinski definition) is 2. The van der Waals surface area contributed by atoms with Gasteiger partial charge in [-0.15, -0.1) is 0 Å². The van der Waals surface area contributed by atoms with Crippen LogP contribution >= 0.6 is 0 Å².